The summed E-state index contributed by atoms with van der Waals surface area (Å²) in [6.07, 6.45) is -9.09. The summed E-state index contributed by atoms with van der Waals surface area (Å²) in [7, 11) is 0. The summed E-state index contributed by atoms with van der Waals surface area (Å²) in [4.78, 5) is 12.4. The number of ether oxygens (including phenoxy) is 5. The molecular weight excluding hydrogens is 580 g/mol. The maximum absolute atomic E-state index is 12.4. The minimum atomic E-state index is -1.70. The lowest BCUT2D eigenvalue weighted by molar-refractivity contribution is -0.356. The highest BCUT2D eigenvalue weighted by Gasteiger charge is 2.50. The number of aliphatic hydroxyl groups excluding tert-OH is 6. The molecule has 0 saturated carbocycles. The summed E-state index contributed by atoms with van der Waals surface area (Å²) in [6, 6.07) is 6.11. The third-order valence-electron chi connectivity index (χ3n) is 7.46. The second kappa shape index (κ2) is 16.5. The average Bonchev–Trinajstić information content (AvgIpc) is 2.99. The minimum Gasteiger partial charge on any atom is -0.512 e. The number of carbonyl (C=O) groups excluding carboxylic acids is 1. The van der Waals surface area contributed by atoms with Gasteiger partial charge in [0.05, 0.1) is 18.5 Å². The summed E-state index contributed by atoms with van der Waals surface area (Å²) in [5.74, 6) is -0.387. The fourth-order valence-corrected chi connectivity index (χ4v) is 4.53. The highest BCUT2D eigenvalue weighted by atomic mass is 16.7. The van der Waals surface area contributed by atoms with Crippen molar-refractivity contribution < 1.29 is 64.2 Å². The van der Waals surface area contributed by atoms with E-state index in [0.717, 1.165) is 17.2 Å². The molecule has 2 heterocycles. The number of rotatable bonds is 12. The van der Waals surface area contributed by atoms with Gasteiger partial charge in [-0.25, -0.2) is 4.79 Å². The second-order valence-corrected chi connectivity index (χ2v) is 11.2. The Hall–Kier alpha value is -2.85. The lowest BCUT2D eigenvalue weighted by Crippen LogP contribution is -2.64. The first-order valence-electron chi connectivity index (χ1n) is 14.4. The van der Waals surface area contributed by atoms with Crippen molar-refractivity contribution in [2.45, 2.75) is 102 Å². The molecular formula is C31H44O13. The van der Waals surface area contributed by atoms with Crippen LogP contribution in [-0.2, 0) is 28.5 Å². The van der Waals surface area contributed by atoms with Gasteiger partial charge in [-0.1, -0.05) is 23.8 Å². The minimum absolute atomic E-state index is 0.0155. The van der Waals surface area contributed by atoms with Gasteiger partial charge in [0.25, 0.3) is 0 Å². The number of hydrogen-bond acceptors (Lipinski definition) is 13. The van der Waals surface area contributed by atoms with Gasteiger partial charge in [-0.2, -0.15) is 0 Å². The molecule has 2 fully saturated rings. The lowest BCUT2D eigenvalue weighted by atomic mass is 9.97. The third kappa shape index (κ3) is 9.83. The molecule has 44 heavy (non-hydrogen) atoms. The van der Waals surface area contributed by atoms with Crippen molar-refractivity contribution in [1.29, 1.82) is 0 Å². The molecule has 10 atom stereocenters. The van der Waals surface area contributed by atoms with Crippen LogP contribution < -0.4 is 0 Å². The Morgan fingerprint density at radius 3 is 2.23 bits per heavy atom. The Morgan fingerprint density at radius 2 is 1.57 bits per heavy atom. The molecule has 2 saturated heterocycles. The topological polar surface area (TPSA) is 205 Å². The molecule has 0 bridgehead atoms. The predicted molar refractivity (Wildman–Crippen MR) is 156 cm³/mol. The molecule has 3 rings (SSSR count). The molecule has 10 unspecified atom stereocenters. The Balaban J connectivity index is 1.70. The maximum atomic E-state index is 12.4. The highest BCUT2D eigenvalue weighted by Crippen LogP contribution is 2.30. The fourth-order valence-electron chi connectivity index (χ4n) is 4.53. The SMILES string of the molecule is CC(=CCOC1OC(COC(=O)C=Cc2ccc(O)cc2)C(O)C(OC2OC(C)C(O)C(O)C2O)C1O)CCC(O)=C(C)C. The monoisotopic (exact) mass is 624 g/mol. The zero-order valence-electron chi connectivity index (χ0n) is 25.2. The number of hydrogen-bond donors (Lipinski definition) is 7. The van der Waals surface area contributed by atoms with Gasteiger partial charge in [0, 0.05) is 12.5 Å². The number of aliphatic hydroxyl groups is 6. The zero-order valence-corrected chi connectivity index (χ0v) is 25.2. The quantitative estimate of drug-likeness (QED) is 0.0757. The van der Waals surface area contributed by atoms with E-state index < -0.39 is 74.0 Å². The molecule has 0 spiro atoms. The highest BCUT2D eigenvalue weighted by molar-refractivity contribution is 5.87. The average molecular weight is 625 g/mol. The number of benzene rings is 1. The summed E-state index contributed by atoms with van der Waals surface area (Å²) in [5, 5.41) is 72.0. The Kier molecular flexibility index (Phi) is 13.3. The number of phenols is 1. The van der Waals surface area contributed by atoms with E-state index >= 15 is 0 Å². The first-order valence-corrected chi connectivity index (χ1v) is 14.4. The van der Waals surface area contributed by atoms with Crippen LogP contribution in [0.4, 0.5) is 0 Å². The zero-order chi connectivity index (χ0) is 32.6. The normalized spacial score (nSPS) is 32.9. The van der Waals surface area contributed by atoms with Crippen molar-refractivity contribution in [3.63, 3.8) is 0 Å². The number of allylic oxidation sites excluding steroid dienone is 3. The molecule has 0 radical (unpaired) electrons. The fraction of sp³-hybridized carbons (Fsp3) is 0.581. The van der Waals surface area contributed by atoms with E-state index in [1.165, 1.54) is 25.1 Å². The van der Waals surface area contributed by atoms with E-state index in [0.29, 0.717) is 24.2 Å². The first-order chi connectivity index (χ1) is 20.8. The number of aromatic hydroxyl groups is 1. The molecule has 1 aromatic rings. The van der Waals surface area contributed by atoms with E-state index in [2.05, 4.69) is 0 Å². The lowest BCUT2D eigenvalue weighted by Gasteiger charge is -2.45. The van der Waals surface area contributed by atoms with Gasteiger partial charge in [-0.3, -0.25) is 0 Å². The molecule has 1 aromatic carbocycles. The predicted octanol–water partition coefficient (Wildman–Crippen LogP) is 1.20. The molecule has 0 amide bonds. The van der Waals surface area contributed by atoms with Crippen LogP contribution in [0.5, 0.6) is 5.75 Å². The van der Waals surface area contributed by atoms with Gasteiger partial charge in [0.1, 0.15) is 55.1 Å². The number of esters is 1. The molecule has 0 aliphatic carbocycles. The van der Waals surface area contributed by atoms with Crippen LogP contribution >= 0.6 is 0 Å². The van der Waals surface area contributed by atoms with Crippen LogP contribution in [-0.4, -0.2) is 116 Å². The van der Waals surface area contributed by atoms with E-state index in [4.69, 9.17) is 23.7 Å². The van der Waals surface area contributed by atoms with Gasteiger partial charge >= 0.3 is 5.97 Å². The van der Waals surface area contributed by atoms with Crippen molar-refractivity contribution in [1.82, 2.24) is 0 Å². The standard InChI is InChI=1S/C31H44O13/c1-16(2)21(33)11-5-17(3)13-14-40-30-28(39)29(44-31-27(38)26(37)24(35)18(4)42-31)25(36)22(43-30)15-41-23(34)12-8-19-6-9-20(32)10-7-19/h6-10,12-13,18,22,24-33,35-39H,5,11,14-15H2,1-4H3. The van der Waals surface area contributed by atoms with Crippen LogP contribution in [0.1, 0.15) is 46.1 Å². The largest absolute Gasteiger partial charge is 0.512 e. The Labute approximate surface area is 256 Å². The van der Waals surface area contributed by atoms with Crippen molar-refractivity contribution in [3.05, 3.63) is 58.9 Å². The van der Waals surface area contributed by atoms with E-state index in [-0.39, 0.29) is 12.4 Å². The molecule has 7 N–H and O–H groups in total. The summed E-state index contributed by atoms with van der Waals surface area (Å²) < 4.78 is 28.0. The summed E-state index contributed by atoms with van der Waals surface area (Å²) in [5.41, 5.74) is 2.36. The molecule has 2 aliphatic heterocycles. The van der Waals surface area contributed by atoms with Crippen LogP contribution in [0, 0.1) is 0 Å². The third-order valence-corrected chi connectivity index (χ3v) is 7.46. The number of phenolic OH excluding ortho intramolecular Hbond substituents is 1. The molecule has 2 aliphatic rings. The molecule has 13 heteroatoms. The van der Waals surface area contributed by atoms with E-state index in [9.17, 15) is 40.5 Å². The van der Waals surface area contributed by atoms with Crippen LogP contribution in [0.15, 0.2) is 53.3 Å². The van der Waals surface area contributed by atoms with Gasteiger partial charge in [0.2, 0.25) is 0 Å². The van der Waals surface area contributed by atoms with Gasteiger partial charge < -0.3 is 59.4 Å². The Bertz CT molecular complexity index is 1160. The molecule has 246 valence electrons. The molecule has 13 nitrogen and oxygen atoms in total. The molecule has 0 aromatic heterocycles. The van der Waals surface area contributed by atoms with E-state index in [1.54, 1.807) is 18.2 Å². The smallest absolute Gasteiger partial charge is 0.330 e. The Morgan fingerprint density at radius 1 is 0.886 bits per heavy atom. The van der Waals surface area contributed by atoms with Crippen LogP contribution in [0.25, 0.3) is 6.08 Å². The second-order valence-electron chi connectivity index (χ2n) is 11.2. The van der Waals surface area contributed by atoms with Crippen LogP contribution in [0.2, 0.25) is 0 Å². The summed E-state index contributed by atoms with van der Waals surface area (Å²) in [6.45, 7) is 6.46. The van der Waals surface area contributed by atoms with Crippen molar-refractivity contribution in [3.8, 4) is 5.75 Å². The van der Waals surface area contributed by atoms with Gasteiger partial charge in [-0.15, -0.1) is 0 Å². The van der Waals surface area contributed by atoms with Crippen molar-refractivity contribution in [2.75, 3.05) is 13.2 Å². The summed E-state index contributed by atoms with van der Waals surface area (Å²) >= 11 is 0. The van der Waals surface area contributed by atoms with E-state index in [1.807, 2.05) is 20.8 Å². The first kappa shape index (κ1) is 35.6. The van der Waals surface area contributed by atoms with Gasteiger partial charge in [0.15, 0.2) is 12.6 Å². The maximum Gasteiger partial charge on any atom is 0.330 e. The van der Waals surface area contributed by atoms with Crippen molar-refractivity contribution >= 4 is 12.0 Å². The van der Waals surface area contributed by atoms with Crippen LogP contribution in [0.3, 0.4) is 0 Å². The van der Waals surface area contributed by atoms with Gasteiger partial charge in [-0.05, 0) is 63.5 Å². The number of carbonyl (C=O) groups is 1. The van der Waals surface area contributed by atoms with Crippen molar-refractivity contribution in [2.24, 2.45) is 0 Å².